The first-order valence-corrected chi connectivity index (χ1v) is 7.94. The van der Waals surface area contributed by atoms with Crippen LogP contribution in [0.25, 0.3) is 0 Å². The topological polar surface area (TPSA) is 72.2 Å². The number of amides is 1. The molecule has 4 nitrogen and oxygen atoms in total. The third kappa shape index (κ3) is 7.81. The molecule has 0 heterocycles. The molecule has 0 aliphatic carbocycles. The Bertz CT molecular complexity index is 224. The second-order valence-corrected chi connectivity index (χ2v) is 6.00. The van der Waals surface area contributed by atoms with Crippen LogP contribution in [0, 0.1) is 0 Å². The van der Waals surface area contributed by atoms with Crippen molar-refractivity contribution in [3.8, 4) is 0 Å². The van der Waals surface area contributed by atoms with Gasteiger partial charge in [-0.15, -0.1) is 0 Å². The second-order valence-electron chi connectivity index (χ2n) is 3.54. The van der Waals surface area contributed by atoms with Crippen LogP contribution in [0.2, 0.25) is 0 Å². The minimum absolute atomic E-state index is 0.0799. The summed E-state index contributed by atoms with van der Waals surface area (Å²) in [6, 6.07) is -0.533. The number of hydrogen-bond acceptors (Lipinski definition) is 4. The second kappa shape index (κ2) is 8.13. The van der Waals surface area contributed by atoms with Crippen LogP contribution in [0.1, 0.15) is 13.3 Å². The van der Waals surface area contributed by atoms with Crippen LogP contribution in [0.3, 0.4) is 0 Å². The average Bonchev–Trinajstić information content (AvgIpc) is 2.12. The molecule has 2 unspecified atom stereocenters. The molecule has 0 aliphatic rings. The van der Waals surface area contributed by atoms with Crippen LogP contribution in [-0.4, -0.2) is 46.2 Å². The predicted molar refractivity (Wildman–Crippen MR) is 67.5 cm³/mol. The summed E-state index contributed by atoms with van der Waals surface area (Å²) < 4.78 is 10.9. The van der Waals surface area contributed by atoms with Gasteiger partial charge in [0.1, 0.15) is 0 Å². The van der Waals surface area contributed by atoms with E-state index < -0.39 is 16.8 Å². The highest BCUT2D eigenvalue weighted by molar-refractivity contribution is 7.98. The van der Waals surface area contributed by atoms with Crippen molar-refractivity contribution in [1.82, 2.24) is 5.32 Å². The summed E-state index contributed by atoms with van der Waals surface area (Å²) in [5.41, 5.74) is 5.68. The zero-order chi connectivity index (χ0) is 11.8. The van der Waals surface area contributed by atoms with Crippen molar-refractivity contribution < 1.29 is 9.00 Å². The molecule has 0 aromatic rings. The lowest BCUT2D eigenvalue weighted by molar-refractivity contribution is -0.122. The predicted octanol–water partition coefficient (Wildman–Crippen LogP) is -0.0500. The summed E-state index contributed by atoms with van der Waals surface area (Å²) in [6.07, 6.45) is 4.28. The fourth-order valence-corrected chi connectivity index (χ4v) is 2.40. The smallest absolute Gasteiger partial charge is 0.237 e. The van der Waals surface area contributed by atoms with E-state index in [1.54, 1.807) is 18.0 Å². The van der Waals surface area contributed by atoms with Gasteiger partial charge in [-0.1, -0.05) is 0 Å². The highest BCUT2D eigenvalue weighted by Crippen LogP contribution is 1.99. The van der Waals surface area contributed by atoms with Crippen LogP contribution in [0.15, 0.2) is 0 Å². The number of nitrogens with one attached hydrogen (secondary N) is 1. The SMILES string of the molecule is CSCC[C@@H](N)C(=O)NC(C)CS(C)=O. The van der Waals surface area contributed by atoms with Gasteiger partial charge < -0.3 is 11.1 Å². The molecule has 0 rings (SSSR count). The maximum Gasteiger partial charge on any atom is 0.237 e. The highest BCUT2D eigenvalue weighted by Gasteiger charge is 2.15. The van der Waals surface area contributed by atoms with Gasteiger partial charge in [-0.25, -0.2) is 0 Å². The molecule has 15 heavy (non-hydrogen) atoms. The summed E-state index contributed by atoms with van der Waals surface area (Å²) in [6.45, 7) is 1.83. The van der Waals surface area contributed by atoms with Crippen LogP contribution >= 0.6 is 11.8 Å². The van der Waals surface area contributed by atoms with Crippen molar-refractivity contribution in [2.75, 3.05) is 24.0 Å². The Morgan fingerprint density at radius 2 is 2.20 bits per heavy atom. The normalized spacial score (nSPS) is 16.8. The van der Waals surface area contributed by atoms with Gasteiger partial charge in [-0.2, -0.15) is 11.8 Å². The molecule has 0 bridgehead atoms. The average molecular weight is 252 g/mol. The molecule has 0 aromatic carbocycles. The number of rotatable bonds is 7. The Hall–Kier alpha value is -0.0700. The number of carbonyl (C=O) groups excluding carboxylic acids is 1. The lowest BCUT2D eigenvalue weighted by Crippen LogP contribution is -2.46. The third-order valence-corrected chi connectivity index (χ3v) is 3.46. The molecule has 1 amide bonds. The maximum atomic E-state index is 11.5. The van der Waals surface area contributed by atoms with Gasteiger partial charge in [0.2, 0.25) is 5.91 Å². The summed E-state index contributed by atoms with van der Waals surface area (Å²) >= 11 is 1.67. The number of hydrogen-bond donors (Lipinski definition) is 2. The Labute approximate surface area is 98.2 Å². The zero-order valence-electron chi connectivity index (χ0n) is 9.49. The Kier molecular flexibility index (Phi) is 8.09. The van der Waals surface area contributed by atoms with E-state index in [-0.39, 0.29) is 11.9 Å². The van der Waals surface area contributed by atoms with E-state index in [0.29, 0.717) is 12.2 Å². The van der Waals surface area contributed by atoms with E-state index in [1.807, 2.05) is 13.2 Å². The third-order valence-electron chi connectivity index (χ3n) is 1.84. The molecule has 0 aromatic heterocycles. The standard InChI is InChI=1S/C9H20N2O2S2/c1-7(6-15(3)13)11-9(12)8(10)4-5-14-2/h7-8H,4-6,10H2,1-3H3,(H,11,12)/t7?,8-,15?/m1/s1. The minimum atomic E-state index is -0.890. The van der Waals surface area contributed by atoms with Crippen molar-refractivity contribution in [3.05, 3.63) is 0 Å². The molecule has 6 heteroatoms. The van der Waals surface area contributed by atoms with Crippen molar-refractivity contribution in [3.63, 3.8) is 0 Å². The first-order chi connectivity index (χ1) is 6.97. The molecule has 90 valence electrons. The largest absolute Gasteiger partial charge is 0.351 e. The van der Waals surface area contributed by atoms with E-state index >= 15 is 0 Å². The van der Waals surface area contributed by atoms with Gasteiger partial charge >= 0.3 is 0 Å². The first-order valence-electron chi connectivity index (χ1n) is 4.82. The zero-order valence-corrected chi connectivity index (χ0v) is 11.1. The van der Waals surface area contributed by atoms with E-state index in [9.17, 15) is 9.00 Å². The molecular weight excluding hydrogens is 232 g/mol. The summed E-state index contributed by atoms with van der Waals surface area (Å²) in [4.78, 5) is 11.5. The van der Waals surface area contributed by atoms with Gasteiger partial charge in [0.25, 0.3) is 0 Å². The van der Waals surface area contributed by atoms with Gasteiger partial charge in [0.15, 0.2) is 0 Å². The van der Waals surface area contributed by atoms with Gasteiger partial charge in [0.05, 0.1) is 6.04 Å². The lowest BCUT2D eigenvalue weighted by atomic mass is 10.2. The summed E-state index contributed by atoms with van der Waals surface area (Å²) in [5.74, 6) is 1.20. The van der Waals surface area contributed by atoms with E-state index in [2.05, 4.69) is 5.32 Å². The fourth-order valence-electron chi connectivity index (χ4n) is 1.12. The van der Waals surface area contributed by atoms with Crippen LogP contribution in [0.4, 0.5) is 0 Å². The van der Waals surface area contributed by atoms with Crippen LogP contribution < -0.4 is 11.1 Å². The van der Waals surface area contributed by atoms with Crippen molar-refractivity contribution in [2.45, 2.75) is 25.4 Å². The van der Waals surface area contributed by atoms with Crippen molar-refractivity contribution in [2.24, 2.45) is 5.73 Å². The molecule has 0 saturated heterocycles. The van der Waals surface area contributed by atoms with E-state index in [0.717, 1.165) is 5.75 Å². The monoisotopic (exact) mass is 252 g/mol. The molecule has 3 N–H and O–H groups in total. The van der Waals surface area contributed by atoms with Gasteiger partial charge in [-0.3, -0.25) is 9.00 Å². The maximum absolute atomic E-state index is 11.5. The molecule has 3 atom stereocenters. The minimum Gasteiger partial charge on any atom is -0.351 e. The Morgan fingerprint density at radius 1 is 1.60 bits per heavy atom. The molecule has 0 spiro atoms. The lowest BCUT2D eigenvalue weighted by Gasteiger charge is -2.16. The summed E-state index contributed by atoms with van der Waals surface area (Å²) in [5, 5.41) is 2.75. The van der Waals surface area contributed by atoms with Crippen LogP contribution in [-0.2, 0) is 15.6 Å². The highest BCUT2D eigenvalue weighted by atomic mass is 32.2. The number of thioether (sulfide) groups is 1. The van der Waals surface area contributed by atoms with E-state index in [4.69, 9.17) is 5.73 Å². The van der Waals surface area contributed by atoms with Crippen LogP contribution in [0.5, 0.6) is 0 Å². The van der Waals surface area contributed by atoms with Crippen molar-refractivity contribution in [1.29, 1.82) is 0 Å². The molecule has 0 fully saturated rings. The van der Waals surface area contributed by atoms with Gasteiger partial charge in [0, 0.05) is 28.9 Å². The molecular formula is C9H20N2O2S2. The molecule has 0 saturated carbocycles. The Balaban J connectivity index is 3.85. The Morgan fingerprint density at radius 3 is 2.67 bits per heavy atom. The fraction of sp³-hybridized carbons (Fsp3) is 0.889. The molecule has 0 radical (unpaired) electrons. The van der Waals surface area contributed by atoms with E-state index in [1.165, 1.54) is 0 Å². The molecule has 0 aliphatic heterocycles. The summed E-state index contributed by atoms with van der Waals surface area (Å²) in [7, 11) is -0.890. The number of carbonyl (C=O) groups is 1. The van der Waals surface area contributed by atoms with Crippen molar-refractivity contribution >= 4 is 28.5 Å². The first kappa shape index (κ1) is 14.9. The quantitative estimate of drug-likeness (QED) is 0.666. The van der Waals surface area contributed by atoms with Gasteiger partial charge in [-0.05, 0) is 25.4 Å². The number of nitrogens with two attached hydrogens (primary N) is 1.